The monoisotopic (exact) mass is 344 g/mol. The topological polar surface area (TPSA) is 27.1 Å². The second-order valence-electron chi connectivity index (χ2n) is 3.30. The summed E-state index contributed by atoms with van der Waals surface area (Å²) in [5.41, 5.74) is 1.15. The second-order valence-corrected chi connectivity index (χ2v) is 4.92. The SMILES string of the molecule is COc1cccc(Cn2nc(Br)cc2Br)c1. The Kier molecular flexibility index (Phi) is 3.66. The number of hydrogen-bond donors (Lipinski definition) is 0. The molecule has 0 aliphatic heterocycles. The number of halogens is 2. The Bertz CT molecular complexity index is 496. The summed E-state index contributed by atoms with van der Waals surface area (Å²) >= 11 is 6.79. The minimum atomic E-state index is 0.712. The summed E-state index contributed by atoms with van der Waals surface area (Å²) in [5, 5.41) is 4.31. The number of aromatic nitrogens is 2. The quantitative estimate of drug-likeness (QED) is 0.851. The molecular weight excluding hydrogens is 336 g/mol. The predicted molar refractivity (Wildman–Crippen MR) is 69.7 cm³/mol. The van der Waals surface area contributed by atoms with Crippen molar-refractivity contribution in [2.75, 3.05) is 7.11 Å². The number of ether oxygens (including phenoxy) is 1. The lowest BCUT2D eigenvalue weighted by Gasteiger charge is -2.05. The summed E-state index contributed by atoms with van der Waals surface area (Å²) in [7, 11) is 1.67. The second kappa shape index (κ2) is 5.01. The molecule has 0 amide bonds. The zero-order valence-corrected chi connectivity index (χ0v) is 11.8. The van der Waals surface area contributed by atoms with Crippen LogP contribution in [0.5, 0.6) is 5.75 Å². The smallest absolute Gasteiger partial charge is 0.129 e. The highest BCUT2D eigenvalue weighted by molar-refractivity contribution is 9.11. The number of methoxy groups -OCH3 is 1. The number of rotatable bonds is 3. The fraction of sp³-hybridized carbons (Fsp3) is 0.182. The molecule has 0 fully saturated rings. The molecule has 0 radical (unpaired) electrons. The molecule has 0 bridgehead atoms. The molecule has 0 aliphatic carbocycles. The van der Waals surface area contributed by atoms with Gasteiger partial charge in [0.25, 0.3) is 0 Å². The van der Waals surface area contributed by atoms with Crippen LogP contribution in [0.4, 0.5) is 0 Å². The van der Waals surface area contributed by atoms with Crippen LogP contribution in [0.1, 0.15) is 5.56 Å². The Morgan fingerprint density at radius 3 is 2.75 bits per heavy atom. The first kappa shape index (κ1) is 11.7. The van der Waals surface area contributed by atoms with Crippen molar-refractivity contribution in [3.05, 3.63) is 45.1 Å². The van der Waals surface area contributed by atoms with Crippen molar-refractivity contribution in [3.63, 3.8) is 0 Å². The van der Waals surface area contributed by atoms with Gasteiger partial charge in [-0.15, -0.1) is 0 Å². The molecule has 2 aromatic rings. The molecule has 0 N–H and O–H groups in total. The van der Waals surface area contributed by atoms with E-state index in [0.717, 1.165) is 20.5 Å². The van der Waals surface area contributed by atoms with Crippen LogP contribution in [0, 0.1) is 0 Å². The highest BCUT2D eigenvalue weighted by Crippen LogP contribution is 2.19. The van der Waals surface area contributed by atoms with Crippen molar-refractivity contribution in [1.29, 1.82) is 0 Å². The summed E-state index contributed by atoms with van der Waals surface area (Å²) in [6, 6.07) is 9.87. The third-order valence-corrected chi connectivity index (χ3v) is 3.19. The van der Waals surface area contributed by atoms with Crippen LogP contribution in [0.15, 0.2) is 39.5 Å². The van der Waals surface area contributed by atoms with E-state index < -0.39 is 0 Å². The van der Waals surface area contributed by atoms with E-state index >= 15 is 0 Å². The summed E-state index contributed by atoms with van der Waals surface area (Å²) in [4.78, 5) is 0. The molecule has 0 atom stereocenters. The molecule has 1 heterocycles. The Labute approximate surface area is 111 Å². The summed E-state index contributed by atoms with van der Waals surface area (Å²) in [6.45, 7) is 0.712. The van der Waals surface area contributed by atoms with Crippen LogP contribution < -0.4 is 4.74 Å². The molecule has 84 valence electrons. The van der Waals surface area contributed by atoms with Crippen LogP contribution in [0.3, 0.4) is 0 Å². The molecule has 0 unspecified atom stereocenters. The molecule has 5 heteroatoms. The molecule has 1 aromatic carbocycles. The third-order valence-electron chi connectivity index (χ3n) is 2.17. The summed E-state index contributed by atoms with van der Waals surface area (Å²) in [5.74, 6) is 0.861. The lowest BCUT2D eigenvalue weighted by Crippen LogP contribution is -2.02. The van der Waals surface area contributed by atoms with Crippen LogP contribution in [0.2, 0.25) is 0 Å². The van der Waals surface area contributed by atoms with Gasteiger partial charge >= 0.3 is 0 Å². The molecule has 0 saturated heterocycles. The van der Waals surface area contributed by atoms with Gasteiger partial charge in [0.1, 0.15) is 15.0 Å². The molecule has 16 heavy (non-hydrogen) atoms. The van der Waals surface area contributed by atoms with Gasteiger partial charge in [-0.1, -0.05) is 12.1 Å². The van der Waals surface area contributed by atoms with Crippen molar-refractivity contribution in [3.8, 4) is 5.75 Å². The average Bonchev–Trinajstić information content (AvgIpc) is 2.58. The van der Waals surface area contributed by atoms with Crippen molar-refractivity contribution in [2.24, 2.45) is 0 Å². The van der Waals surface area contributed by atoms with Crippen LogP contribution >= 0.6 is 31.9 Å². The fourth-order valence-corrected chi connectivity index (χ4v) is 2.56. The number of benzene rings is 1. The van der Waals surface area contributed by atoms with Gasteiger partial charge in [-0.3, -0.25) is 4.68 Å². The Morgan fingerprint density at radius 1 is 1.31 bits per heavy atom. The number of nitrogens with zero attached hydrogens (tertiary/aromatic N) is 2. The van der Waals surface area contributed by atoms with E-state index in [2.05, 4.69) is 37.0 Å². The predicted octanol–water partition coefficient (Wildman–Crippen LogP) is 3.47. The van der Waals surface area contributed by atoms with Crippen molar-refractivity contribution < 1.29 is 4.74 Å². The van der Waals surface area contributed by atoms with Crippen molar-refractivity contribution >= 4 is 31.9 Å². The van der Waals surface area contributed by atoms with E-state index in [-0.39, 0.29) is 0 Å². The summed E-state index contributed by atoms with van der Waals surface area (Å²) < 4.78 is 8.82. The first-order valence-electron chi connectivity index (χ1n) is 4.71. The van der Waals surface area contributed by atoms with Crippen molar-refractivity contribution in [1.82, 2.24) is 9.78 Å². The molecule has 3 nitrogen and oxygen atoms in total. The van der Waals surface area contributed by atoms with Gasteiger partial charge in [0.05, 0.1) is 13.7 Å². The lowest BCUT2D eigenvalue weighted by atomic mass is 10.2. The Hall–Kier alpha value is -0.810. The highest BCUT2D eigenvalue weighted by atomic mass is 79.9. The van der Waals surface area contributed by atoms with Gasteiger partial charge in [0.15, 0.2) is 0 Å². The lowest BCUT2D eigenvalue weighted by molar-refractivity contribution is 0.414. The normalized spacial score (nSPS) is 10.4. The third kappa shape index (κ3) is 2.65. The molecule has 0 aliphatic rings. The van der Waals surface area contributed by atoms with E-state index in [4.69, 9.17) is 4.74 Å². The van der Waals surface area contributed by atoms with Crippen LogP contribution in [0.25, 0.3) is 0 Å². The fourth-order valence-electron chi connectivity index (χ4n) is 1.42. The van der Waals surface area contributed by atoms with Crippen LogP contribution in [-0.2, 0) is 6.54 Å². The maximum absolute atomic E-state index is 5.18. The summed E-state index contributed by atoms with van der Waals surface area (Å²) in [6.07, 6.45) is 0. The van der Waals surface area contributed by atoms with Gasteiger partial charge in [0, 0.05) is 6.07 Å². The van der Waals surface area contributed by atoms with Gasteiger partial charge < -0.3 is 4.74 Å². The van der Waals surface area contributed by atoms with Gasteiger partial charge in [-0.25, -0.2) is 0 Å². The zero-order chi connectivity index (χ0) is 11.5. The molecule has 2 rings (SSSR count). The maximum Gasteiger partial charge on any atom is 0.129 e. The van der Waals surface area contributed by atoms with E-state index in [1.54, 1.807) is 7.11 Å². The van der Waals surface area contributed by atoms with Gasteiger partial charge in [-0.05, 0) is 49.6 Å². The Morgan fingerprint density at radius 2 is 2.12 bits per heavy atom. The Balaban J connectivity index is 2.23. The average molecular weight is 346 g/mol. The van der Waals surface area contributed by atoms with E-state index in [1.807, 2.05) is 35.0 Å². The number of hydrogen-bond acceptors (Lipinski definition) is 2. The maximum atomic E-state index is 5.18. The van der Waals surface area contributed by atoms with E-state index in [9.17, 15) is 0 Å². The van der Waals surface area contributed by atoms with Gasteiger partial charge in [-0.2, -0.15) is 5.10 Å². The standard InChI is InChI=1S/C11H10Br2N2O/c1-16-9-4-2-3-8(5-9)7-15-11(13)6-10(12)14-15/h2-6H,7H2,1H3. The zero-order valence-electron chi connectivity index (χ0n) is 8.65. The molecule has 0 spiro atoms. The van der Waals surface area contributed by atoms with E-state index in [1.165, 1.54) is 0 Å². The van der Waals surface area contributed by atoms with Crippen LogP contribution in [-0.4, -0.2) is 16.9 Å². The highest BCUT2D eigenvalue weighted by Gasteiger charge is 2.04. The molecular formula is C11H10Br2N2O. The van der Waals surface area contributed by atoms with E-state index in [0.29, 0.717) is 6.54 Å². The molecule has 1 aromatic heterocycles. The first-order valence-corrected chi connectivity index (χ1v) is 6.29. The largest absolute Gasteiger partial charge is 0.497 e. The van der Waals surface area contributed by atoms with Crippen molar-refractivity contribution in [2.45, 2.75) is 6.54 Å². The minimum Gasteiger partial charge on any atom is -0.497 e. The molecule has 0 saturated carbocycles. The minimum absolute atomic E-state index is 0.712. The first-order chi connectivity index (χ1) is 7.69. The van der Waals surface area contributed by atoms with Gasteiger partial charge in [0.2, 0.25) is 0 Å².